The van der Waals surface area contributed by atoms with Crippen molar-refractivity contribution in [3.8, 4) is 0 Å². The summed E-state index contributed by atoms with van der Waals surface area (Å²) in [5.74, 6) is 0. The zero-order valence-corrected chi connectivity index (χ0v) is 10.6. The van der Waals surface area contributed by atoms with Gasteiger partial charge in [-0.05, 0) is 24.1 Å². The minimum absolute atomic E-state index is 0.0653. The minimum Gasteiger partial charge on any atom is -0.324 e. The van der Waals surface area contributed by atoms with E-state index < -0.39 is 0 Å². The molecule has 0 radical (unpaired) electrons. The normalized spacial score (nSPS) is 12.9. The predicted molar refractivity (Wildman–Crippen MR) is 65.6 cm³/mol. The first-order chi connectivity index (χ1) is 6.65. The average molecular weight is 277 g/mol. The van der Waals surface area contributed by atoms with Crippen molar-refractivity contribution in [3.63, 3.8) is 0 Å². The summed E-state index contributed by atoms with van der Waals surface area (Å²) in [6, 6.07) is 5.93. The largest absolute Gasteiger partial charge is 0.324 e. The van der Waals surface area contributed by atoms with E-state index >= 15 is 0 Å². The molecule has 0 aliphatic rings. The maximum absolute atomic E-state index is 6.09. The Kier molecular flexibility index (Phi) is 4.93. The Morgan fingerprint density at radius 2 is 2.21 bits per heavy atom. The lowest BCUT2D eigenvalue weighted by molar-refractivity contribution is 0.603. The maximum atomic E-state index is 6.09. The molecular weight excluding hydrogens is 261 g/mol. The van der Waals surface area contributed by atoms with Gasteiger partial charge in [0.15, 0.2) is 0 Å². The van der Waals surface area contributed by atoms with Crippen molar-refractivity contribution in [3.05, 3.63) is 33.3 Å². The lowest BCUT2D eigenvalue weighted by atomic mass is 10.0. The van der Waals surface area contributed by atoms with Crippen LogP contribution in [0.2, 0.25) is 5.02 Å². The zero-order valence-electron chi connectivity index (χ0n) is 8.26. The summed E-state index contributed by atoms with van der Waals surface area (Å²) in [5, 5.41) is 0.753. The molecular formula is C11H15BrClN. The van der Waals surface area contributed by atoms with Crippen LogP contribution in [0.1, 0.15) is 37.8 Å². The molecule has 0 aromatic heterocycles. The van der Waals surface area contributed by atoms with Gasteiger partial charge in [0.25, 0.3) is 0 Å². The number of hydrogen-bond donors (Lipinski definition) is 1. The Labute approximate surface area is 98.8 Å². The Bertz CT molecular complexity index is 301. The molecule has 78 valence electrons. The van der Waals surface area contributed by atoms with Gasteiger partial charge in [0, 0.05) is 15.5 Å². The summed E-state index contributed by atoms with van der Waals surface area (Å²) in [6.45, 7) is 2.16. The molecule has 2 N–H and O–H groups in total. The molecule has 3 heteroatoms. The van der Waals surface area contributed by atoms with E-state index in [9.17, 15) is 0 Å². The first-order valence-electron chi connectivity index (χ1n) is 4.85. The predicted octanol–water partition coefficient (Wildman–Crippen LogP) is 4.29. The summed E-state index contributed by atoms with van der Waals surface area (Å²) in [6.07, 6.45) is 3.31. The molecule has 0 amide bonds. The molecule has 1 atom stereocenters. The van der Waals surface area contributed by atoms with Gasteiger partial charge in [-0.2, -0.15) is 0 Å². The van der Waals surface area contributed by atoms with Crippen LogP contribution < -0.4 is 5.73 Å². The second-order valence-electron chi connectivity index (χ2n) is 3.41. The lowest BCUT2D eigenvalue weighted by Gasteiger charge is -2.13. The Morgan fingerprint density at radius 3 is 2.79 bits per heavy atom. The van der Waals surface area contributed by atoms with E-state index in [1.807, 2.05) is 18.2 Å². The maximum Gasteiger partial charge on any atom is 0.0464 e. The van der Waals surface area contributed by atoms with Crippen LogP contribution in [0.15, 0.2) is 22.7 Å². The fraction of sp³-hybridized carbons (Fsp3) is 0.455. The quantitative estimate of drug-likeness (QED) is 0.872. The van der Waals surface area contributed by atoms with Gasteiger partial charge in [-0.15, -0.1) is 0 Å². The van der Waals surface area contributed by atoms with E-state index in [4.69, 9.17) is 17.3 Å². The highest BCUT2D eigenvalue weighted by Gasteiger charge is 2.09. The van der Waals surface area contributed by atoms with Crippen LogP contribution in [-0.2, 0) is 0 Å². The van der Waals surface area contributed by atoms with Gasteiger partial charge in [0.2, 0.25) is 0 Å². The number of benzene rings is 1. The molecule has 0 aliphatic heterocycles. The fourth-order valence-electron chi connectivity index (χ4n) is 1.38. The highest BCUT2D eigenvalue weighted by molar-refractivity contribution is 9.10. The molecule has 0 spiro atoms. The first-order valence-corrected chi connectivity index (χ1v) is 6.02. The van der Waals surface area contributed by atoms with Crippen molar-refractivity contribution in [1.82, 2.24) is 0 Å². The molecule has 1 aromatic rings. The smallest absolute Gasteiger partial charge is 0.0464 e. The molecule has 0 bridgehead atoms. The van der Waals surface area contributed by atoms with Crippen molar-refractivity contribution in [2.24, 2.45) is 5.73 Å². The van der Waals surface area contributed by atoms with Gasteiger partial charge in [-0.25, -0.2) is 0 Å². The topological polar surface area (TPSA) is 26.0 Å². The number of rotatable bonds is 4. The van der Waals surface area contributed by atoms with E-state index in [0.29, 0.717) is 0 Å². The molecule has 1 nitrogen and oxygen atoms in total. The van der Waals surface area contributed by atoms with Crippen LogP contribution in [0.5, 0.6) is 0 Å². The summed E-state index contributed by atoms with van der Waals surface area (Å²) >= 11 is 9.47. The number of unbranched alkanes of at least 4 members (excludes halogenated alkanes) is 1. The van der Waals surface area contributed by atoms with E-state index in [1.54, 1.807) is 0 Å². The SMILES string of the molecule is CCCC[C@H](N)c1ccc(Br)cc1Cl. The standard InChI is InChI=1S/C11H15BrClN/c1-2-3-4-11(14)9-6-5-8(12)7-10(9)13/h5-7,11H,2-4,14H2,1H3/t11-/m0/s1. The fourth-order valence-corrected chi connectivity index (χ4v) is 2.20. The molecule has 1 aromatic carbocycles. The molecule has 0 fully saturated rings. The lowest BCUT2D eigenvalue weighted by Crippen LogP contribution is -2.10. The third-order valence-corrected chi connectivity index (χ3v) is 3.05. The van der Waals surface area contributed by atoms with Crippen LogP contribution in [-0.4, -0.2) is 0 Å². The van der Waals surface area contributed by atoms with Gasteiger partial charge < -0.3 is 5.73 Å². The Hall–Kier alpha value is -0.0500. The van der Waals surface area contributed by atoms with Crippen molar-refractivity contribution in [1.29, 1.82) is 0 Å². The molecule has 14 heavy (non-hydrogen) atoms. The second-order valence-corrected chi connectivity index (χ2v) is 4.74. The molecule has 0 heterocycles. The van der Waals surface area contributed by atoms with Crippen LogP contribution >= 0.6 is 27.5 Å². The van der Waals surface area contributed by atoms with Gasteiger partial charge in [0.1, 0.15) is 0 Å². The summed E-state index contributed by atoms with van der Waals surface area (Å²) in [5.41, 5.74) is 7.08. The van der Waals surface area contributed by atoms with Crippen LogP contribution in [0.25, 0.3) is 0 Å². The van der Waals surface area contributed by atoms with E-state index in [2.05, 4.69) is 22.9 Å². The van der Waals surface area contributed by atoms with Gasteiger partial charge in [-0.1, -0.05) is 53.4 Å². The van der Waals surface area contributed by atoms with Crippen molar-refractivity contribution in [2.45, 2.75) is 32.2 Å². The second kappa shape index (κ2) is 5.74. The van der Waals surface area contributed by atoms with Crippen molar-refractivity contribution < 1.29 is 0 Å². The van der Waals surface area contributed by atoms with E-state index in [0.717, 1.165) is 27.9 Å². The van der Waals surface area contributed by atoms with Crippen LogP contribution in [0.4, 0.5) is 0 Å². The zero-order chi connectivity index (χ0) is 10.6. The number of halogens is 2. The molecule has 0 saturated carbocycles. The van der Waals surface area contributed by atoms with Gasteiger partial charge in [-0.3, -0.25) is 0 Å². The van der Waals surface area contributed by atoms with Crippen molar-refractivity contribution in [2.75, 3.05) is 0 Å². The highest BCUT2D eigenvalue weighted by atomic mass is 79.9. The van der Waals surface area contributed by atoms with Gasteiger partial charge >= 0.3 is 0 Å². The molecule has 0 aliphatic carbocycles. The average Bonchev–Trinajstić information content (AvgIpc) is 2.14. The van der Waals surface area contributed by atoms with Crippen molar-refractivity contribution >= 4 is 27.5 Å². The molecule has 1 rings (SSSR count). The van der Waals surface area contributed by atoms with Gasteiger partial charge in [0.05, 0.1) is 0 Å². The summed E-state index contributed by atoms with van der Waals surface area (Å²) in [7, 11) is 0. The van der Waals surface area contributed by atoms with Crippen LogP contribution in [0, 0.1) is 0 Å². The summed E-state index contributed by atoms with van der Waals surface area (Å²) in [4.78, 5) is 0. The van der Waals surface area contributed by atoms with Crippen LogP contribution in [0.3, 0.4) is 0 Å². The first kappa shape index (κ1) is 12.0. The highest BCUT2D eigenvalue weighted by Crippen LogP contribution is 2.27. The minimum atomic E-state index is 0.0653. The Morgan fingerprint density at radius 1 is 1.50 bits per heavy atom. The third-order valence-electron chi connectivity index (χ3n) is 2.23. The van der Waals surface area contributed by atoms with E-state index in [-0.39, 0.29) is 6.04 Å². The third kappa shape index (κ3) is 3.26. The summed E-state index contributed by atoms with van der Waals surface area (Å²) < 4.78 is 0.994. The molecule has 0 unspecified atom stereocenters. The van der Waals surface area contributed by atoms with E-state index in [1.165, 1.54) is 6.42 Å². The number of nitrogens with two attached hydrogens (primary N) is 1. The monoisotopic (exact) mass is 275 g/mol. The number of hydrogen-bond acceptors (Lipinski definition) is 1. The Balaban J connectivity index is 2.74. The molecule has 0 saturated heterocycles.